The second-order valence-corrected chi connectivity index (χ2v) is 7.27. The summed E-state index contributed by atoms with van der Waals surface area (Å²) in [6, 6.07) is 19.3. The highest BCUT2D eigenvalue weighted by atomic mass is 32.1. The van der Waals surface area contributed by atoms with Crippen LogP contribution in [0.4, 0.5) is 0 Å². The number of carbonyl (C=O) groups excluding carboxylic acids is 1. The van der Waals surface area contributed by atoms with E-state index in [1.54, 1.807) is 12.1 Å². The van der Waals surface area contributed by atoms with E-state index in [0.29, 0.717) is 22.4 Å². The quantitative estimate of drug-likeness (QED) is 0.368. The molecule has 0 saturated heterocycles. The Morgan fingerprint density at radius 3 is 2.68 bits per heavy atom. The Morgan fingerprint density at radius 1 is 1.04 bits per heavy atom. The number of hydrogen-bond donors (Lipinski definition) is 0. The molecule has 0 aliphatic rings. The van der Waals surface area contributed by atoms with Crippen LogP contribution in [0.5, 0.6) is 5.75 Å². The number of nitrogens with zero attached hydrogens (tertiary/aromatic N) is 2. The number of aryl methyl sites for hydroxylation is 1. The van der Waals surface area contributed by atoms with Gasteiger partial charge in [0.15, 0.2) is 0 Å². The van der Waals surface area contributed by atoms with Gasteiger partial charge in [0, 0.05) is 13.0 Å². The van der Waals surface area contributed by atoms with Gasteiger partial charge in [0.25, 0.3) is 5.56 Å². The molecule has 2 aromatic heterocycles. The topological polar surface area (TPSA) is 61.2 Å². The number of hydrogen-bond acceptors (Lipinski definition) is 5. The fraction of sp³-hybridized carbons (Fsp3) is 0.136. The normalized spacial score (nSPS) is 10.9. The van der Waals surface area contributed by atoms with Crippen LogP contribution >= 0.6 is 11.3 Å². The van der Waals surface area contributed by atoms with Crippen LogP contribution in [0.1, 0.15) is 17.5 Å². The van der Waals surface area contributed by atoms with Gasteiger partial charge in [-0.15, -0.1) is 11.3 Å². The number of esters is 1. The first-order chi connectivity index (χ1) is 13.7. The molecule has 0 bridgehead atoms. The van der Waals surface area contributed by atoms with E-state index < -0.39 is 0 Å². The van der Waals surface area contributed by atoms with Gasteiger partial charge in [-0.25, -0.2) is 4.98 Å². The Balaban J connectivity index is 1.44. The molecule has 0 atom stereocenters. The summed E-state index contributed by atoms with van der Waals surface area (Å²) >= 11 is 1.42. The molecule has 0 amide bonds. The van der Waals surface area contributed by atoms with E-state index in [1.807, 2.05) is 53.9 Å². The number of carbonyl (C=O) groups is 1. The first-order valence-corrected chi connectivity index (χ1v) is 9.84. The van der Waals surface area contributed by atoms with Gasteiger partial charge in [0.1, 0.15) is 10.6 Å². The van der Waals surface area contributed by atoms with E-state index in [2.05, 4.69) is 4.98 Å². The molecule has 4 rings (SSSR count). The summed E-state index contributed by atoms with van der Waals surface area (Å²) in [6.07, 6.45) is 2.26. The zero-order chi connectivity index (χ0) is 19.3. The zero-order valence-corrected chi connectivity index (χ0v) is 15.9. The standard InChI is InChI=1S/C22H18N2O3S/c25-20(10-12-24-15-23-21-18(22(24)26)11-13-28-21)27-19-9-5-4-8-17(19)14-16-6-2-1-3-7-16/h1-9,11,13,15H,10,12,14H2. The third kappa shape index (κ3) is 4.02. The summed E-state index contributed by atoms with van der Waals surface area (Å²) in [5, 5.41) is 2.41. The van der Waals surface area contributed by atoms with Crippen LogP contribution in [0.3, 0.4) is 0 Å². The van der Waals surface area contributed by atoms with Gasteiger partial charge in [0.2, 0.25) is 0 Å². The van der Waals surface area contributed by atoms with Crippen LogP contribution in [-0.2, 0) is 17.8 Å². The number of thiophene rings is 1. The van der Waals surface area contributed by atoms with Crippen molar-refractivity contribution in [3.05, 3.63) is 93.9 Å². The van der Waals surface area contributed by atoms with Gasteiger partial charge in [-0.3, -0.25) is 14.2 Å². The maximum absolute atomic E-state index is 12.4. The Morgan fingerprint density at radius 2 is 1.82 bits per heavy atom. The number of aromatic nitrogens is 2. The lowest BCUT2D eigenvalue weighted by Crippen LogP contribution is -2.22. The van der Waals surface area contributed by atoms with E-state index in [0.717, 1.165) is 11.1 Å². The smallest absolute Gasteiger partial charge is 0.313 e. The number of ether oxygens (including phenoxy) is 1. The average molecular weight is 390 g/mol. The Bertz CT molecular complexity index is 1170. The van der Waals surface area contributed by atoms with Gasteiger partial charge in [0.05, 0.1) is 18.1 Å². The highest BCUT2D eigenvalue weighted by Crippen LogP contribution is 2.22. The molecule has 0 spiro atoms. The van der Waals surface area contributed by atoms with Crippen LogP contribution in [0.2, 0.25) is 0 Å². The minimum atomic E-state index is -0.377. The first kappa shape index (κ1) is 18.1. The predicted octanol–water partition coefficient (Wildman–Crippen LogP) is 4.04. The lowest BCUT2D eigenvalue weighted by Gasteiger charge is -2.11. The molecule has 0 aliphatic carbocycles. The zero-order valence-electron chi connectivity index (χ0n) is 15.1. The minimum Gasteiger partial charge on any atom is -0.426 e. The van der Waals surface area contributed by atoms with Crippen LogP contribution in [0, 0.1) is 0 Å². The summed E-state index contributed by atoms with van der Waals surface area (Å²) in [6.45, 7) is 0.233. The van der Waals surface area contributed by atoms with Crippen molar-refractivity contribution in [2.75, 3.05) is 0 Å². The van der Waals surface area contributed by atoms with Crippen molar-refractivity contribution in [2.45, 2.75) is 19.4 Å². The van der Waals surface area contributed by atoms with Crippen molar-refractivity contribution in [1.29, 1.82) is 0 Å². The van der Waals surface area contributed by atoms with Crippen molar-refractivity contribution in [3.8, 4) is 5.75 Å². The van der Waals surface area contributed by atoms with Crippen molar-refractivity contribution in [2.24, 2.45) is 0 Å². The molecule has 4 aromatic rings. The molecule has 0 aliphatic heterocycles. The highest BCUT2D eigenvalue weighted by molar-refractivity contribution is 7.16. The van der Waals surface area contributed by atoms with Gasteiger partial charge < -0.3 is 4.74 Å². The van der Waals surface area contributed by atoms with Crippen LogP contribution < -0.4 is 10.3 Å². The molecule has 2 heterocycles. The predicted molar refractivity (Wildman–Crippen MR) is 110 cm³/mol. The van der Waals surface area contributed by atoms with E-state index in [-0.39, 0.29) is 24.5 Å². The van der Waals surface area contributed by atoms with Crippen molar-refractivity contribution in [3.63, 3.8) is 0 Å². The van der Waals surface area contributed by atoms with Gasteiger partial charge >= 0.3 is 5.97 Å². The lowest BCUT2D eigenvalue weighted by molar-refractivity contribution is -0.134. The molecule has 2 aromatic carbocycles. The fourth-order valence-electron chi connectivity index (χ4n) is 3.00. The maximum Gasteiger partial charge on any atom is 0.313 e. The van der Waals surface area contributed by atoms with Gasteiger partial charge in [-0.1, -0.05) is 48.5 Å². The molecule has 0 unspecified atom stereocenters. The summed E-state index contributed by atoms with van der Waals surface area (Å²) in [7, 11) is 0. The lowest BCUT2D eigenvalue weighted by atomic mass is 10.0. The largest absolute Gasteiger partial charge is 0.426 e. The highest BCUT2D eigenvalue weighted by Gasteiger charge is 2.11. The summed E-state index contributed by atoms with van der Waals surface area (Å²) < 4.78 is 7.03. The third-order valence-corrected chi connectivity index (χ3v) is 5.26. The number of benzene rings is 2. The van der Waals surface area contributed by atoms with E-state index >= 15 is 0 Å². The van der Waals surface area contributed by atoms with Gasteiger partial charge in [-0.2, -0.15) is 0 Å². The van der Waals surface area contributed by atoms with Crippen LogP contribution in [-0.4, -0.2) is 15.5 Å². The van der Waals surface area contributed by atoms with Crippen molar-refractivity contribution < 1.29 is 9.53 Å². The molecule has 0 N–H and O–H groups in total. The number of fused-ring (bicyclic) bond motifs is 1. The van der Waals surface area contributed by atoms with Crippen LogP contribution in [0.15, 0.2) is 77.2 Å². The van der Waals surface area contributed by atoms with Crippen molar-refractivity contribution >= 4 is 27.5 Å². The summed E-state index contributed by atoms with van der Waals surface area (Å²) in [5.41, 5.74) is 1.96. The maximum atomic E-state index is 12.4. The number of rotatable bonds is 6. The number of para-hydroxylation sites is 1. The third-order valence-electron chi connectivity index (χ3n) is 4.44. The van der Waals surface area contributed by atoms with E-state index in [1.165, 1.54) is 22.2 Å². The second kappa shape index (κ2) is 8.19. The molecule has 6 heteroatoms. The first-order valence-electron chi connectivity index (χ1n) is 8.96. The average Bonchev–Trinajstić information content (AvgIpc) is 3.19. The molecule has 5 nitrogen and oxygen atoms in total. The minimum absolute atomic E-state index is 0.0941. The molecule has 28 heavy (non-hydrogen) atoms. The van der Waals surface area contributed by atoms with Gasteiger partial charge in [-0.05, 0) is 28.6 Å². The molecule has 0 saturated carbocycles. The molecule has 140 valence electrons. The Labute approximate surface area is 165 Å². The van der Waals surface area contributed by atoms with E-state index in [9.17, 15) is 9.59 Å². The monoisotopic (exact) mass is 390 g/mol. The molecular formula is C22H18N2O3S. The van der Waals surface area contributed by atoms with Crippen LogP contribution in [0.25, 0.3) is 10.2 Å². The van der Waals surface area contributed by atoms with E-state index in [4.69, 9.17) is 4.74 Å². The SMILES string of the molecule is O=C(CCn1cnc2sccc2c1=O)Oc1ccccc1Cc1ccccc1. The Hall–Kier alpha value is -3.25. The molecular weight excluding hydrogens is 372 g/mol. The Kier molecular flexibility index (Phi) is 5.30. The fourth-order valence-corrected chi connectivity index (χ4v) is 3.73. The summed E-state index contributed by atoms with van der Waals surface area (Å²) in [4.78, 5) is 29.7. The summed E-state index contributed by atoms with van der Waals surface area (Å²) in [5.74, 6) is 0.174. The molecule has 0 fully saturated rings. The molecule has 0 radical (unpaired) electrons. The second-order valence-electron chi connectivity index (χ2n) is 6.38. The van der Waals surface area contributed by atoms with Crippen molar-refractivity contribution in [1.82, 2.24) is 9.55 Å².